The van der Waals surface area contributed by atoms with Crippen LogP contribution >= 0.6 is 11.6 Å². The predicted octanol–water partition coefficient (Wildman–Crippen LogP) is 5.63. The Hall–Kier alpha value is -3.18. The number of sulfonamides is 1. The molecule has 0 aliphatic heterocycles. The summed E-state index contributed by atoms with van der Waals surface area (Å²) < 4.78 is 35.2. The number of ether oxygens (including phenoxy) is 1. The molecule has 3 heterocycles. The van der Waals surface area contributed by atoms with E-state index in [0.717, 1.165) is 12.8 Å². The first-order valence-electron chi connectivity index (χ1n) is 14.1. The molecule has 0 aromatic carbocycles. The normalized spacial score (nSPS) is 19.1. The maximum Gasteiger partial charge on any atom is 0.281 e. The molecule has 0 saturated heterocycles. The number of rotatable bonds is 12. The van der Waals surface area contributed by atoms with E-state index in [0.29, 0.717) is 47.4 Å². The second kappa shape index (κ2) is 11.6. The van der Waals surface area contributed by atoms with Crippen LogP contribution in [0.25, 0.3) is 5.82 Å². The lowest BCUT2D eigenvalue weighted by atomic mass is 9.80. The van der Waals surface area contributed by atoms with Gasteiger partial charge in [-0.3, -0.25) is 4.79 Å². The van der Waals surface area contributed by atoms with Gasteiger partial charge < -0.3 is 10.1 Å². The van der Waals surface area contributed by atoms with Crippen LogP contribution in [-0.4, -0.2) is 47.2 Å². The van der Waals surface area contributed by atoms with Gasteiger partial charge in [-0.1, -0.05) is 44.9 Å². The summed E-state index contributed by atoms with van der Waals surface area (Å²) in [5.41, 5.74) is 0.625. The highest BCUT2D eigenvalue weighted by Gasteiger charge is 2.36. The fraction of sp³-hybridized carbons (Fsp3) is 0.517. The van der Waals surface area contributed by atoms with Crippen molar-refractivity contribution in [2.24, 2.45) is 16.7 Å². The molecule has 5 rings (SSSR count). The van der Waals surface area contributed by atoms with Crippen molar-refractivity contribution in [3.63, 3.8) is 0 Å². The average Bonchev–Trinajstić information content (AvgIpc) is 3.30. The Morgan fingerprint density at radius 3 is 2.63 bits per heavy atom. The molecular formula is C29H37ClN6O4S. The molecule has 0 spiro atoms. The minimum absolute atomic E-state index is 0.0891. The van der Waals surface area contributed by atoms with E-state index >= 15 is 0 Å². The number of aromatic nitrogens is 4. The molecule has 41 heavy (non-hydrogen) atoms. The minimum atomic E-state index is -4.25. The van der Waals surface area contributed by atoms with Crippen molar-refractivity contribution >= 4 is 33.3 Å². The molecule has 12 heteroatoms. The maximum absolute atomic E-state index is 13.0. The molecule has 3 aromatic rings. The van der Waals surface area contributed by atoms with Gasteiger partial charge in [-0.25, -0.2) is 19.4 Å². The van der Waals surface area contributed by atoms with Crippen LogP contribution in [0, 0.1) is 16.7 Å². The second-order valence-corrected chi connectivity index (χ2v) is 14.1. The molecule has 1 unspecified atom stereocenters. The lowest BCUT2D eigenvalue weighted by Crippen LogP contribution is -2.31. The minimum Gasteiger partial charge on any atom is -0.477 e. The van der Waals surface area contributed by atoms with Gasteiger partial charge in [0.1, 0.15) is 11.0 Å². The van der Waals surface area contributed by atoms with Crippen LogP contribution in [0.2, 0.25) is 5.15 Å². The molecule has 2 aliphatic carbocycles. The van der Waals surface area contributed by atoms with Crippen molar-refractivity contribution in [1.29, 1.82) is 0 Å². The largest absolute Gasteiger partial charge is 0.477 e. The summed E-state index contributed by atoms with van der Waals surface area (Å²) in [6.45, 7) is 8.12. The van der Waals surface area contributed by atoms with Crippen molar-refractivity contribution < 1.29 is 17.9 Å². The SMILES string of the molecule is CC1(CCOc2ccn(-c3ccc(C(=O)NS(=O)(=O)c4cccc(NCCC5CCCC5(C)C)n4)c(Cl)n3)n2)CC1. The van der Waals surface area contributed by atoms with Gasteiger partial charge in [0.15, 0.2) is 10.8 Å². The molecule has 1 atom stereocenters. The van der Waals surface area contributed by atoms with Crippen LogP contribution in [0.3, 0.4) is 0 Å². The van der Waals surface area contributed by atoms with Gasteiger partial charge in [0.2, 0.25) is 5.88 Å². The molecule has 0 bridgehead atoms. The summed E-state index contributed by atoms with van der Waals surface area (Å²) in [7, 11) is -4.25. The Balaban J connectivity index is 1.18. The summed E-state index contributed by atoms with van der Waals surface area (Å²) in [4.78, 5) is 21.3. The summed E-state index contributed by atoms with van der Waals surface area (Å²) >= 11 is 6.29. The highest BCUT2D eigenvalue weighted by Crippen LogP contribution is 2.48. The molecule has 2 aliphatic rings. The lowest BCUT2D eigenvalue weighted by molar-refractivity contribution is 0.0981. The lowest BCUT2D eigenvalue weighted by Gasteiger charge is -2.27. The summed E-state index contributed by atoms with van der Waals surface area (Å²) in [5, 5.41) is 7.15. The predicted molar refractivity (Wildman–Crippen MR) is 157 cm³/mol. The molecule has 2 fully saturated rings. The zero-order valence-electron chi connectivity index (χ0n) is 23.7. The third-order valence-corrected chi connectivity index (χ3v) is 9.96. The number of hydrogen-bond donors (Lipinski definition) is 2. The quantitative estimate of drug-likeness (QED) is 0.256. The number of carbonyl (C=O) groups excluding carboxylic acids is 1. The number of hydrogen-bond acceptors (Lipinski definition) is 8. The molecule has 2 saturated carbocycles. The number of halogens is 1. The molecular weight excluding hydrogens is 564 g/mol. The number of amides is 1. The molecule has 3 aromatic heterocycles. The van der Waals surface area contributed by atoms with Gasteiger partial charge in [-0.05, 0) is 79.5 Å². The van der Waals surface area contributed by atoms with Gasteiger partial charge in [0.05, 0.1) is 12.2 Å². The van der Waals surface area contributed by atoms with Crippen LogP contribution in [0.15, 0.2) is 47.6 Å². The Morgan fingerprint density at radius 2 is 1.93 bits per heavy atom. The van der Waals surface area contributed by atoms with Crippen molar-refractivity contribution in [2.45, 2.75) is 70.7 Å². The Bertz CT molecular complexity index is 1520. The fourth-order valence-electron chi connectivity index (χ4n) is 5.30. The zero-order valence-corrected chi connectivity index (χ0v) is 25.3. The fourth-order valence-corrected chi connectivity index (χ4v) is 6.47. The maximum atomic E-state index is 13.0. The third kappa shape index (κ3) is 7.19. The van der Waals surface area contributed by atoms with Crippen LogP contribution in [0.5, 0.6) is 5.88 Å². The van der Waals surface area contributed by atoms with Gasteiger partial charge in [0.25, 0.3) is 15.9 Å². The van der Waals surface area contributed by atoms with Crippen LogP contribution in [0.4, 0.5) is 5.82 Å². The third-order valence-electron chi connectivity index (χ3n) is 8.44. The van der Waals surface area contributed by atoms with Crippen molar-refractivity contribution in [1.82, 2.24) is 24.5 Å². The van der Waals surface area contributed by atoms with E-state index < -0.39 is 15.9 Å². The first-order valence-corrected chi connectivity index (χ1v) is 15.9. The standard InChI is InChI=1S/C29H37ClN6O4S/c1-28(2)13-5-6-20(28)11-17-31-22-7-4-8-25(32-22)41(38,39)35-27(37)21-9-10-23(33-26(21)30)36-18-12-24(34-36)40-19-16-29(3)14-15-29/h4,7-10,12,18,20H,5-6,11,13-17,19H2,1-3H3,(H,31,32)(H,35,37). The number of anilines is 1. The van der Waals surface area contributed by atoms with E-state index in [4.69, 9.17) is 16.3 Å². The Labute approximate surface area is 246 Å². The van der Waals surface area contributed by atoms with Crippen molar-refractivity contribution in [2.75, 3.05) is 18.5 Å². The summed E-state index contributed by atoms with van der Waals surface area (Å²) in [5.74, 6) is 0.974. The van der Waals surface area contributed by atoms with Gasteiger partial charge >= 0.3 is 0 Å². The molecule has 10 nitrogen and oxygen atoms in total. The number of carbonyl (C=O) groups is 1. The zero-order chi connectivity index (χ0) is 29.3. The van der Waals surface area contributed by atoms with E-state index in [1.54, 1.807) is 24.4 Å². The van der Waals surface area contributed by atoms with E-state index in [1.807, 2.05) is 4.72 Å². The van der Waals surface area contributed by atoms with Gasteiger partial charge in [-0.2, -0.15) is 8.42 Å². The first-order chi connectivity index (χ1) is 19.4. The van der Waals surface area contributed by atoms with Gasteiger partial charge in [0, 0.05) is 18.8 Å². The highest BCUT2D eigenvalue weighted by molar-refractivity contribution is 7.90. The number of nitrogens with zero attached hydrogens (tertiary/aromatic N) is 4. The molecule has 1 amide bonds. The van der Waals surface area contributed by atoms with E-state index in [-0.39, 0.29) is 15.7 Å². The smallest absolute Gasteiger partial charge is 0.281 e. The van der Waals surface area contributed by atoms with Gasteiger partial charge in [-0.15, -0.1) is 5.10 Å². The summed E-state index contributed by atoms with van der Waals surface area (Å²) in [6, 6.07) is 9.30. The van der Waals surface area contributed by atoms with Crippen LogP contribution < -0.4 is 14.8 Å². The average molecular weight is 601 g/mol. The van der Waals surface area contributed by atoms with E-state index in [9.17, 15) is 13.2 Å². The van der Waals surface area contributed by atoms with E-state index in [2.05, 4.69) is 41.2 Å². The molecule has 0 radical (unpaired) electrons. The van der Waals surface area contributed by atoms with Crippen molar-refractivity contribution in [3.8, 4) is 11.7 Å². The number of nitrogens with one attached hydrogen (secondary N) is 2. The second-order valence-electron chi connectivity index (χ2n) is 12.1. The van der Waals surface area contributed by atoms with Crippen LogP contribution in [0.1, 0.15) is 76.1 Å². The molecule has 2 N–H and O–H groups in total. The topological polar surface area (TPSA) is 128 Å². The van der Waals surface area contributed by atoms with Crippen LogP contribution in [-0.2, 0) is 10.0 Å². The number of pyridine rings is 2. The monoisotopic (exact) mass is 600 g/mol. The Morgan fingerprint density at radius 1 is 1.12 bits per heavy atom. The van der Waals surface area contributed by atoms with Crippen molar-refractivity contribution in [3.05, 3.63) is 53.3 Å². The first kappa shape index (κ1) is 29.3. The summed E-state index contributed by atoms with van der Waals surface area (Å²) in [6.07, 6.45) is 9.77. The Kier molecular flexibility index (Phi) is 8.29. The van der Waals surface area contributed by atoms with E-state index in [1.165, 1.54) is 55.0 Å². The highest BCUT2D eigenvalue weighted by atomic mass is 35.5. The molecule has 220 valence electrons.